The molecule has 2 nitrogen and oxygen atoms in total. The molecule has 1 fully saturated rings. The molecule has 1 aliphatic carbocycles. The molecule has 1 atom stereocenters. The van der Waals surface area contributed by atoms with Crippen molar-refractivity contribution in [3.63, 3.8) is 0 Å². The first kappa shape index (κ1) is 14.0. The molecule has 0 aliphatic heterocycles. The first-order chi connectivity index (χ1) is 7.86. The Morgan fingerprint density at radius 2 is 1.75 bits per heavy atom. The minimum atomic E-state index is 0.551. The molecule has 0 aromatic heterocycles. The van der Waals surface area contributed by atoms with E-state index in [-0.39, 0.29) is 0 Å². The van der Waals surface area contributed by atoms with Crippen molar-refractivity contribution in [3.8, 4) is 0 Å². The predicted octanol–water partition coefficient (Wildman–Crippen LogP) is 3.36. The number of hydrogen-bond acceptors (Lipinski definition) is 2. The van der Waals surface area contributed by atoms with Crippen LogP contribution in [0.1, 0.15) is 58.3 Å². The second-order valence-electron chi connectivity index (χ2n) is 5.18. The quantitative estimate of drug-likeness (QED) is 0.751. The van der Waals surface area contributed by atoms with Crippen LogP contribution in [0.2, 0.25) is 0 Å². The SMILES string of the molecule is CCC(COC)NCC1CCCCCCC1. The average Bonchev–Trinajstić information content (AvgIpc) is 2.26. The Hall–Kier alpha value is -0.0800. The van der Waals surface area contributed by atoms with Gasteiger partial charge in [-0.05, 0) is 31.7 Å². The van der Waals surface area contributed by atoms with Crippen molar-refractivity contribution in [2.45, 2.75) is 64.3 Å². The molecule has 1 rings (SSSR count). The Labute approximate surface area is 101 Å². The maximum absolute atomic E-state index is 5.22. The van der Waals surface area contributed by atoms with Gasteiger partial charge in [0.1, 0.15) is 0 Å². The third kappa shape index (κ3) is 5.86. The van der Waals surface area contributed by atoms with E-state index in [2.05, 4.69) is 12.2 Å². The highest BCUT2D eigenvalue weighted by Gasteiger charge is 2.13. The largest absolute Gasteiger partial charge is 0.383 e. The maximum Gasteiger partial charge on any atom is 0.0615 e. The molecule has 0 radical (unpaired) electrons. The highest BCUT2D eigenvalue weighted by Crippen LogP contribution is 2.21. The Morgan fingerprint density at radius 3 is 2.31 bits per heavy atom. The van der Waals surface area contributed by atoms with E-state index in [1.807, 2.05) is 0 Å². The van der Waals surface area contributed by atoms with E-state index in [4.69, 9.17) is 4.74 Å². The monoisotopic (exact) mass is 227 g/mol. The Balaban J connectivity index is 2.17. The third-order valence-corrected chi connectivity index (χ3v) is 3.78. The molecule has 1 saturated carbocycles. The molecule has 0 spiro atoms. The maximum atomic E-state index is 5.22. The summed E-state index contributed by atoms with van der Waals surface area (Å²) in [6.45, 7) is 4.28. The van der Waals surface area contributed by atoms with Crippen LogP contribution in [0.3, 0.4) is 0 Å². The summed E-state index contributed by atoms with van der Waals surface area (Å²) in [6.07, 6.45) is 11.3. The molecule has 1 N–H and O–H groups in total. The summed E-state index contributed by atoms with van der Waals surface area (Å²) in [6, 6.07) is 0.551. The third-order valence-electron chi connectivity index (χ3n) is 3.78. The van der Waals surface area contributed by atoms with E-state index in [9.17, 15) is 0 Å². The molecule has 0 heterocycles. The van der Waals surface area contributed by atoms with Crippen molar-refractivity contribution >= 4 is 0 Å². The zero-order valence-electron chi connectivity index (χ0n) is 11.1. The molecule has 0 aromatic carbocycles. The van der Waals surface area contributed by atoms with Crippen LogP contribution in [-0.2, 0) is 4.74 Å². The van der Waals surface area contributed by atoms with Crippen LogP contribution in [0.25, 0.3) is 0 Å². The summed E-state index contributed by atoms with van der Waals surface area (Å²) in [4.78, 5) is 0. The van der Waals surface area contributed by atoms with Crippen LogP contribution < -0.4 is 5.32 Å². The van der Waals surface area contributed by atoms with E-state index in [0.717, 1.165) is 12.5 Å². The lowest BCUT2D eigenvalue weighted by atomic mass is 9.91. The van der Waals surface area contributed by atoms with E-state index in [0.29, 0.717) is 6.04 Å². The van der Waals surface area contributed by atoms with Gasteiger partial charge in [-0.3, -0.25) is 0 Å². The molecule has 0 amide bonds. The van der Waals surface area contributed by atoms with Crippen molar-refractivity contribution in [3.05, 3.63) is 0 Å². The predicted molar refractivity (Wildman–Crippen MR) is 69.8 cm³/mol. The van der Waals surface area contributed by atoms with Crippen molar-refractivity contribution in [1.82, 2.24) is 5.32 Å². The van der Waals surface area contributed by atoms with Crippen molar-refractivity contribution in [1.29, 1.82) is 0 Å². The second kappa shape index (κ2) is 9.00. The molecule has 1 unspecified atom stereocenters. The first-order valence-corrected chi connectivity index (χ1v) is 7.09. The van der Waals surface area contributed by atoms with Crippen LogP contribution in [0.5, 0.6) is 0 Å². The number of hydrogen-bond donors (Lipinski definition) is 1. The summed E-state index contributed by atoms with van der Waals surface area (Å²) in [5, 5.41) is 3.66. The van der Waals surface area contributed by atoms with E-state index in [1.54, 1.807) is 7.11 Å². The zero-order valence-corrected chi connectivity index (χ0v) is 11.1. The summed E-state index contributed by atoms with van der Waals surface area (Å²) in [7, 11) is 1.79. The highest BCUT2D eigenvalue weighted by atomic mass is 16.5. The lowest BCUT2D eigenvalue weighted by Crippen LogP contribution is -2.36. The minimum absolute atomic E-state index is 0.551. The number of nitrogens with one attached hydrogen (secondary N) is 1. The lowest BCUT2D eigenvalue weighted by molar-refractivity contribution is 0.160. The highest BCUT2D eigenvalue weighted by molar-refractivity contribution is 4.70. The van der Waals surface area contributed by atoms with Gasteiger partial charge in [0.15, 0.2) is 0 Å². The van der Waals surface area contributed by atoms with E-state index in [1.165, 1.54) is 57.9 Å². The normalized spacial score (nSPS) is 21.4. The fraction of sp³-hybridized carbons (Fsp3) is 1.00. The number of ether oxygens (including phenoxy) is 1. The van der Waals surface area contributed by atoms with Gasteiger partial charge in [0.25, 0.3) is 0 Å². The van der Waals surface area contributed by atoms with Gasteiger partial charge in [0, 0.05) is 13.2 Å². The van der Waals surface area contributed by atoms with Crippen LogP contribution in [0, 0.1) is 5.92 Å². The summed E-state index contributed by atoms with van der Waals surface area (Å²) in [5.41, 5.74) is 0. The summed E-state index contributed by atoms with van der Waals surface area (Å²) in [5.74, 6) is 0.909. The minimum Gasteiger partial charge on any atom is -0.383 e. The van der Waals surface area contributed by atoms with E-state index < -0.39 is 0 Å². The van der Waals surface area contributed by atoms with Gasteiger partial charge in [-0.25, -0.2) is 0 Å². The molecule has 0 bridgehead atoms. The Bertz CT molecular complexity index is 153. The second-order valence-corrected chi connectivity index (χ2v) is 5.18. The number of rotatable bonds is 6. The molecule has 0 saturated heterocycles. The van der Waals surface area contributed by atoms with Gasteiger partial charge < -0.3 is 10.1 Å². The van der Waals surface area contributed by atoms with Crippen LogP contribution in [0.15, 0.2) is 0 Å². The zero-order chi connectivity index (χ0) is 11.6. The van der Waals surface area contributed by atoms with Crippen molar-refractivity contribution < 1.29 is 4.74 Å². The topological polar surface area (TPSA) is 21.3 Å². The smallest absolute Gasteiger partial charge is 0.0615 e. The van der Waals surface area contributed by atoms with Gasteiger partial charge in [-0.2, -0.15) is 0 Å². The molecule has 16 heavy (non-hydrogen) atoms. The van der Waals surface area contributed by atoms with Crippen molar-refractivity contribution in [2.24, 2.45) is 5.92 Å². The van der Waals surface area contributed by atoms with Crippen molar-refractivity contribution in [2.75, 3.05) is 20.3 Å². The molecule has 1 aliphatic rings. The van der Waals surface area contributed by atoms with Gasteiger partial charge in [0.05, 0.1) is 6.61 Å². The fourth-order valence-corrected chi connectivity index (χ4v) is 2.60. The molecule has 2 heteroatoms. The Kier molecular flexibility index (Phi) is 7.87. The Morgan fingerprint density at radius 1 is 1.12 bits per heavy atom. The van der Waals surface area contributed by atoms with E-state index >= 15 is 0 Å². The molecular weight excluding hydrogens is 198 g/mol. The van der Waals surface area contributed by atoms with Gasteiger partial charge in [-0.15, -0.1) is 0 Å². The standard InChI is InChI=1S/C14H29NO/c1-3-14(12-16-2)15-11-13-9-7-5-4-6-8-10-13/h13-15H,3-12H2,1-2H3. The molecule has 0 aromatic rings. The van der Waals surface area contributed by atoms with Crippen LogP contribution in [-0.4, -0.2) is 26.3 Å². The first-order valence-electron chi connectivity index (χ1n) is 7.09. The molecule has 96 valence electrons. The van der Waals surface area contributed by atoms with Gasteiger partial charge in [0.2, 0.25) is 0 Å². The van der Waals surface area contributed by atoms with Crippen LogP contribution >= 0.6 is 0 Å². The van der Waals surface area contributed by atoms with Gasteiger partial charge in [-0.1, -0.05) is 39.0 Å². The fourth-order valence-electron chi connectivity index (χ4n) is 2.60. The van der Waals surface area contributed by atoms with Crippen LogP contribution in [0.4, 0.5) is 0 Å². The number of methoxy groups -OCH3 is 1. The molecular formula is C14H29NO. The average molecular weight is 227 g/mol. The lowest BCUT2D eigenvalue weighted by Gasteiger charge is -2.23. The van der Waals surface area contributed by atoms with Gasteiger partial charge >= 0.3 is 0 Å². The summed E-state index contributed by atoms with van der Waals surface area (Å²) < 4.78 is 5.22. The summed E-state index contributed by atoms with van der Waals surface area (Å²) >= 11 is 0.